The van der Waals surface area contributed by atoms with Gasteiger partial charge in [-0.2, -0.15) is 0 Å². The molecule has 2 aromatic heterocycles. The molecule has 6 nitrogen and oxygen atoms in total. The van der Waals surface area contributed by atoms with Crippen molar-refractivity contribution in [1.82, 2.24) is 14.5 Å². The number of pyridine rings is 1. The lowest BCUT2D eigenvalue weighted by Gasteiger charge is -2.18. The van der Waals surface area contributed by atoms with E-state index in [1.807, 2.05) is 30.3 Å². The molecule has 7 heteroatoms. The molecule has 0 spiro atoms. The Labute approximate surface area is 179 Å². The predicted molar refractivity (Wildman–Crippen MR) is 120 cm³/mol. The molecule has 0 aliphatic heterocycles. The Bertz CT molecular complexity index is 1220. The molecule has 0 aliphatic rings. The molecule has 1 atom stereocenters. The van der Waals surface area contributed by atoms with Gasteiger partial charge in [0.1, 0.15) is 5.82 Å². The molecule has 0 amide bonds. The molecular formula is C24H22FN5O. The first-order valence-corrected chi connectivity index (χ1v) is 9.86. The molecule has 0 bridgehead atoms. The van der Waals surface area contributed by atoms with Crippen LogP contribution in [0.25, 0.3) is 22.4 Å². The highest BCUT2D eigenvalue weighted by Gasteiger charge is 2.18. The lowest BCUT2D eigenvalue weighted by molar-refractivity contribution is 0.628. The molecule has 0 saturated carbocycles. The fourth-order valence-corrected chi connectivity index (χ4v) is 3.37. The second-order valence-electron chi connectivity index (χ2n) is 7.16. The first-order chi connectivity index (χ1) is 15.0. The van der Waals surface area contributed by atoms with Crippen LogP contribution < -0.4 is 16.6 Å². The third kappa shape index (κ3) is 4.36. The van der Waals surface area contributed by atoms with Gasteiger partial charge in [0.05, 0.1) is 11.3 Å². The van der Waals surface area contributed by atoms with Gasteiger partial charge < -0.3 is 11.1 Å². The summed E-state index contributed by atoms with van der Waals surface area (Å²) in [6, 6.07) is 18.8. The molecule has 2 aromatic carbocycles. The van der Waals surface area contributed by atoms with Gasteiger partial charge in [-0.25, -0.2) is 9.37 Å². The summed E-state index contributed by atoms with van der Waals surface area (Å²) in [5.41, 5.74) is 9.25. The van der Waals surface area contributed by atoms with Crippen molar-refractivity contribution in [3.63, 3.8) is 0 Å². The minimum atomic E-state index is -0.368. The monoisotopic (exact) mass is 415 g/mol. The Morgan fingerprint density at radius 3 is 2.35 bits per heavy atom. The first kappa shape index (κ1) is 20.4. The summed E-state index contributed by atoms with van der Waals surface area (Å²) in [5.74, 6) is 0.0289. The van der Waals surface area contributed by atoms with Crippen molar-refractivity contribution in [3.05, 3.63) is 101 Å². The van der Waals surface area contributed by atoms with Crippen LogP contribution in [0.1, 0.15) is 11.6 Å². The van der Waals surface area contributed by atoms with Crippen LogP contribution in [-0.4, -0.2) is 21.1 Å². The summed E-state index contributed by atoms with van der Waals surface area (Å²) in [6.45, 7) is 0.399. The molecule has 2 heterocycles. The average Bonchev–Trinajstić information content (AvgIpc) is 2.81. The van der Waals surface area contributed by atoms with Gasteiger partial charge in [0.2, 0.25) is 5.95 Å². The number of anilines is 1. The number of halogens is 1. The number of nitrogens with zero attached hydrogens (tertiary/aromatic N) is 3. The van der Waals surface area contributed by atoms with E-state index in [1.165, 1.54) is 16.7 Å². The van der Waals surface area contributed by atoms with E-state index in [1.54, 1.807) is 43.7 Å². The molecule has 4 aromatic rings. The van der Waals surface area contributed by atoms with Gasteiger partial charge in [-0.1, -0.05) is 42.5 Å². The van der Waals surface area contributed by atoms with E-state index in [4.69, 9.17) is 10.7 Å². The number of nitrogens with one attached hydrogen (secondary N) is 1. The molecule has 1 unspecified atom stereocenters. The van der Waals surface area contributed by atoms with Crippen LogP contribution in [-0.2, 0) is 7.05 Å². The van der Waals surface area contributed by atoms with Crippen molar-refractivity contribution in [1.29, 1.82) is 0 Å². The van der Waals surface area contributed by atoms with Gasteiger partial charge in [-0.3, -0.25) is 14.3 Å². The maximum atomic E-state index is 13.5. The highest BCUT2D eigenvalue weighted by atomic mass is 19.1. The van der Waals surface area contributed by atoms with Crippen molar-refractivity contribution >= 4 is 5.95 Å². The third-order valence-electron chi connectivity index (χ3n) is 5.09. The minimum absolute atomic E-state index is 0.246. The fourth-order valence-electron chi connectivity index (χ4n) is 3.37. The Morgan fingerprint density at radius 2 is 1.68 bits per heavy atom. The van der Waals surface area contributed by atoms with Gasteiger partial charge >= 0.3 is 0 Å². The lowest BCUT2D eigenvalue weighted by Crippen LogP contribution is -2.28. The van der Waals surface area contributed by atoms with Gasteiger partial charge in [0, 0.05) is 37.6 Å². The van der Waals surface area contributed by atoms with E-state index in [9.17, 15) is 9.18 Å². The molecule has 4 rings (SSSR count). The van der Waals surface area contributed by atoms with E-state index in [2.05, 4.69) is 10.3 Å². The van der Waals surface area contributed by atoms with Crippen molar-refractivity contribution in [2.75, 3.05) is 11.9 Å². The van der Waals surface area contributed by atoms with Crippen LogP contribution in [0.15, 0.2) is 83.9 Å². The molecule has 0 saturated heterocycles. The van der Waals surface area contributed by atoms with Crippen molar-refractivity contribution in [2.45, 2.75) is 6.04 Å². The maximum Gasteiger partial charge on any atom is 0.263 e. The zero-order valence-electron chi connectivity index (χ0n) is 17.0. The van der Waals surface area contributed by atoms with E-state index in [0.717, 1.165) is 11.1 Å². The average molecular weight is 415 g/mol. The number of nitrogens with two attached hydrogens (primary N) is 1. The number of hydrogen-bond donors (Lipinski definition) is 2. The Kier molecular flexibility index (Phi) is 5.86. The van der Waals surface area contributed by atoms with Gasteiger partial charge in [-0.15, -0.1) is 0 Å². The van der Waals surface area contributed by atoms with E-state index >= 15 is 0 Å². The third-order valence-corrected chi connectivity index (χ3v) is 5.09. The van der Waals surface area contributed by atoms with E-state index < -0.39 is 0 Å². The van der Waals surface area contributed by atoms with Gasteiger partial charge in [0.25, 0.3) is 5.56 Å². The van der Waals surface area contributed by atoms with Gasteiger partial charge in [-0.05, 0) is 35.4 Å². The van der Waals surface area contributed by atoms with E-state index in [0.29, 0.717) is 29.3 Å². The van der Waals surface area contributed by atoms with Crippen molar-refractivity contribution in [3.8, 4) is 22.4 Å². The summed E-state index contributed by atoms with van der Waals surface area (Å²) in [5, 5.41) is 3.20. The first-order valence-electron chi connectivity index (χ1n) is 9.86. The fraction of sp³-hybridized carbons (Fsp3) is 0.125. The normalized spacial score (nSPS) is 11.8. The van der Waals surface area contributed by atoms with E-state index in [-0.39, 0.29) is 17.4 Å². The largest absolute Gasteiger partial charge is 0.354 e. The molecular weight excluding hydrogens is 393 g/mol. The van der Waals surface area contributed by atoms with Crippen LogP contribution in [0, 0.1) is 5.82 Å². The SMILES string of the molecule is Cn1c(NCC(N)c2ccccc2)nc(-c2ccncc2)c(-c2ccc(F)cc2)c1=O. The summed E-state index contributed by atoms with van der Waals surface area (Å²) in [6.07, 6.45) is 3.28. The Morgan fingerprint density at radius 1 is 1.00 bits per heavy atom. The second-order valence-corrected chi connectivity index (χ2v) is 7.16. The quantitative estimate of drug-likeness (QED) is 0.501. The van der Waals surface area contributed by atoms with Crippen LogP contribution in [0.5, 0.6) is 0 Å². The lowest BCUT2D eigenvalue weighted by atomic mass is 10.0. The molecule has 0 fully saturated rings. The van der Waals surface area contributed by atoms with Gasteiger partial charge in [0.15, 0.2) is 0 Å². The molecule has 156 valence electrons. The second kappa shape index (κ2) is 8.89. The van der Waals surface area contributed by atoms with Crippen molar-refractivity contribution < 1.29 is 4.39 Å². The number of rotatable bonds is 6. The molecule has 0 aliphatic carbocycles. The summed E-state index contributed by atoms with van der Waals surface area (Å²) < 4.78 is 14.9. The Balaban J connectivity index is 1.77. The van der Waals surface area contributed by atoms with Crippen LogP contribution in [0.2, 0.25) is 0 Å². The molecule has 0 radical (unpaired) electrons. The van der Waals surface area contributed by atoms with Crippen LogP contribution >= 0.6 is 0 Å². The Hall–Kier alpha value is -3.84. The smallest absolute Gasteiger partial charge is 0.263 e. The predicted octanol–water partition coefficient (Wildman–Crippen LogP) is 3.76. The maximum absolute atomic E-state index is 13.5. The number of aromatic nitrogens is 3. The number of hydrogen-bond acceptors (Lipinski definition) is 5. The highest BCUT2D eigenvalue weighted by Crippen LogP contribution is 2.28. The topological polar surface area (TPSA) is 85.8 Å². The minimum Gasteiger partial charge on any atom is -0.354 e. The zero-order chi connectivity index (χ0) is 21.8. The summed E-state index contributed by atoms with van der Waals surface area (Å²) in [4.78, 5) is 22.1. The molecule has 31 heavy (non-hydrogen) atoms. The highest BCUT2D eigenvalue weighted by molar-refractivity contribution is 5.80. The van der Waals surface area contributed by atoms with Crippen LogP contribution in [0.3, 0.4) is 0 Å². The summed E-state index contributed by atoms with van der Waals surface area (Å²) >= 11 is 0. The molecule has 3 N–H and O–H groups in total. The standard InChI is InChI=1S/C24H22FN5O/c1-30-23(31)21(17-7-9-19(25)10-8-17)22(18-11-13-27-14-12-18)29-24(30)28-15-20(26)16-5-3-2-4-6-16/h2-14,20H,15,26H2,1H3,(H,28,29). The summed E-state index contributed by atoms with van der Waals surface area (Å²) in [7, 11) is 1.65. The number of benzene rings is 2. The van der Waals surface area contributed by atoms with Crippen molar-refractivity contribution in [2.24, 2.45) is 12.8 Å². The zero-order valence-corrected chi connectivity index (χ0v) is 17.0. The van der Waals surface area contributed by atoms with Crippen LogP contribution in [0.4, 0.5) is 10.3 Å².